The smallest absolute Gasteiger partial charge is 0.238 e. The number of piperidine rings is 1. The van der Waals surface area contributed by atoms with Crippen molar-refractivity contribution in [2.45, 2.75) is 17.7 Å². The van der Waals surface area contributed by atoms with Crippen LogP contribution in [0, 0.1) is 5.92 Å². The Balaban J connectivity index is 2.00. The molecule has 1 fully saturated rings. The number of hydrogen-bond acceptors (Lipinski definition) is 4. The van der Waals surface area contributed by atoms with E-state index in [-0.39, 0.29) is 22.6 Å². The predicted molar refractivity (Wildman–Crippen MR) is 72.2 cm³/mol. The minimum absolute atomic E-state index is 0.0135. The molecule has 1 aliphatic rings. The maximum atomic E-state index is 12.0. The average Bonchev–Trinajstić information content (AvgIpc) is 2.39. The van der Waals surface area contributed by atoms with E-state index in [1.165, 1.54) is 24.3 Å². The fourth-order valence-corrected chi connectivity index (χ4v) is 2.44. The highest BCUT2D eigenvalue weighted by molar-refractivity contribution is 7.89. The van der Waals surface area contributed by atoms with E-state index in [0.29, 0.717) is 25.1 Å². The molecule has 2 rings (SSSR count). The standard InChI is InChI=1S/C12H15N3O4S/c13-20(18,19)10-4-2-9(3-5-10)15-12(17)8-1-6-11(16)14-7-8/h2-5,8H,1,6-7H2,(H,14,16)(H,15,17)(H2,13,18,19). The van der Waals surface area contributed by atoms with Crippen molar-refractivity contribution in [2.75, 3.05) is 11.9 Å². The first-order chi connectivity index (χ1) is 9.36. The van der Waals surface area contributed by atoms with Crippen molar-refractivity contribution in [2.24, 2.45) is 11.1 Å². The molecule has 0 spiro atoms. The summed E-state index contributed by atoms with van der Waals surface area (Å²) < 4.78 is 22.2. The number of amides is 2. The highest BCUT2D eigenvalue weighted by Crippen LogP contribution is 2.16. The summed E-state index contributed by atoms with van der Waals surface area (Å²) in [6, 6.07) is 5.60. The van der Waals surface area contributed by atoms with Gasteiger partial charge in [-0.15, -0.1) is 0 Å². The lowest BCUT2D eigenvalue weighted by atomic mass is 9.98. The Hall–Kier alpha value is -1.93. The second-order valence-corrected chi connectivity index (χ2v) is 6.16. The largest absolute Gasteiger partial charge is 0.355 e. The molecular weight excluding hydrogens is 282 g/mol. The summed E-state index contributed by atoms with van der Waals surface area (Å²) in [6.07, 6.45) is 0.843. The molecule has 0 aromatic heterocycles. The van der Waals surface area contributed by atoms with E-state index in [4.69, 9.17) is 5.14 Å². The van der Waals surface area contributed by atoms with E-state index in [1.54, 1.807) is 0 Å². The number of anilines is 1. The third kappa shape index (κ3) is 3.55. The Morgan fingerprint density at radius 2 is 1.95 bits per heavy atom. The summed E-state index contributed by atoms with van der Waals surface area (Å²) in [5, 5.41) is 10.3. The molecule has 4 N–H and O–H groups in total. The maximum absolute atomic E-state index is 12.0. The minimum Gasteiger partial charge on any atom is -0.355 e. The van der Waals surface area contributed by atoms with E-state index >= 15 is 0 Å². The van der Waals surface area contributed by atoms with Crippen molar-refractivity contribution in [3.8, 4) is 0 Å². The molecule has 2 amide bonds. The summed E-state index contributed by atoms with van der Waals surface area (Å²) >= 11 is 0. The number of rotatable bonds is 3. The molecule has 20 heavy (non-hydrogen) atoms. The number of nitrogens with one attached hydrogen (secondary N) is 2. The number of hydrogen-bond donors (Lipinski definition) is 3. The van der Waals surface area contributed by atoms with Gasteiger partial charge in [0, 0.05) is 18.7 Å². The molecule has 1 aromatic rings. The summed E-state index contributed by atoms with van der Waals surface area (Å²) in [5.74, 6) is -0.523. The summed E-state index contributed by atoms with van der Waals surface area (Å²) in [4.78, 5) is 22.9. The molecule has 1 saturated heterocycles. The fourth-order valence-electron chi connectivity index (χ4n) is 1.93. The van der Waals surface area contributed by atoms with Crippen molar-refractivity contribution in [1.29, 1.82) is 0 Å². The topological polar surface area (TPSA) is 118 Å². The first kappa shape index (κ1) is 14.5. The number of benzene rings is 1. The summed E-state index contributed by atoms with van der Waals surface area (Å²) in [5.41, 5.74) is 0.485. The van der Waals surface area contributed by atoms with E-state index < -0.39 is 10.0 Å². The van der Waals surface area contributed by atoms with Gasteiger partial charge in [0.2, 0.25) is 21.8 Å². The van der Waals surface area contributed by atoms with Crippen LogP contribution in [-0.4, -0.2) is 26.8 Å². The van der Waals surface area contributed by atoms with E-state index in [9.17, 15) is 18.0 Å². The minimum atomic E-state index is -3.73. The molecule has 0 bridgehead atoms. The lowest BCUT2D eigenvalue weighted by Gasteiger charge is -2.21. The van der Waals surface area contributed by atoms with Crippen LogP contribution in [0.5, 0.6) is 0 Å². The number of nitrogens with two attached hydrogens (primary N) is 1. The third-order valence-corrected chi connectivity index (χ3v) is 4.02. The van der Waals surface area contributed by atoms with Gasteiger partial charge < -0.3 is 10.6 Å². The van der Waals surface area contributed by atoms with Gasteiger partial charge in [-0.05, 0) is 30.7 Å². The zero-order chi connectivity index (χ0) is 14.8. The van der Waals surface area contributed by atoms with Crippen LogP contribution in [0.2, 0.25) is 0 Å². The van der Waals surface area contributed by atoms with Crippen molar-refractivity contribution in [3.05, 3.63) is 24.3 Å². The molecule has 7 nitrogen and oxygen atoms in total. The van der Waals surface area contributed by atoms with Gasteiger partial charge in [0.25, 0.3) is 0 Å². The Morgan fingerprint density at radius 1 is 1.30 bits per heavy atom. The Bertz CT molecular complexity index is 615. The lowest BCUT2D eigenvalue weighted by molar-refractivity contribution is -0.126. The highest BCUT2D eigenvalue weighted by atomic mass is 32.2. The van der Waals surface area contributed by atoms with Gasteiger partial charge in [0.05, 0.1) is 10.8 Å². The molecule has 8 heteroatoms. The van der Waals surface area contributed by atoms with Crippen molar-refractivity contribution in [1.82, 2.24) is 5.32 Å². The van der Waals surface area contributed by atoms with Gasteiger partial charge in [0.15, 0.2) is 0 Å². The van der Waals surface area contributed by atoms with Crippen molar-refractivity contribution in [3.63, 3.8) is 0 Å². The van der Waals surface area contributed by atoms with Gasteiger partial charge in [-0.25, -0.2) is 13.6 Å². The number of carbonyl (C=O) groups excluding carboxylic acids is 2. The predicted octanol–water partition coefficient (Wildman–Crippen LogP) is -0.201. The molecular formula is C12H15N3O4S. The van der Waals surface area contributed by atoms with Crippen LogP contribution in [0.3, 0.4) is 0 Å². The van der Waals surface area contributed by atoms with Crippen LogP contribution in [0.25, 0.3) is 0 Å². The SMILES string of the molecule is NS(=O)(=O)c1ccc(NC(=O)C2CCC(=O)NC2)cc1. The van der Waals surface area contributed by atoms with E-state index in [2.05, 4.69) is 10.6 Å². The van der Waals surface area contributed by atoms with Gasteiger partial charge in [-0.1, -0.05) is 0 Å². The van der Waals surface area contributed by atoms with Crippen molar-refractivity contribution >= 4 is 27.5 Å². The molecule has 0 saturated carbocycles. The van der Waals surface area contributed by atoms with Gasteiger partial charge in [-0.3, -0.25) is 9.59 Å². The third-order valence-electron chi connectivity index (χ3n) is 3.09. The quantitative estimate of drug-likeness (QED) is 0.715. The number of sulfonamides is 1. The van der Waals surface area contributed by atoms with Gasteiger partial charge in [-0.2, -0.15) is 0 Å². The molecule has 108 valence electrons. The van der Waals surface area contributed by atoms with Crippen LogP contribution >= 0.6 is 0 Å². The highest BCUT2D eigenvalue weighted by Gasteiger charge is 2.24. The molecule has 1 aliphatic heterocycles. The Labute approximate surface area is 116 Å². The van der Waals surface area contributed by atoms with Gasteiger partial charge >= 0.3 is 0 Å². The molecule has 0 radical (unpaired) electrons. The van der Waals surface area contributed by atoms with Crippen LogP contribution in [0.1, 0.15) is 12.8 Å². The van der Waals surface area contributed by atoms with Crippen LogP contribution < -0.4 is 15.8 Å². The molecule has 0 aliphatic carbocycles. The van der Waals surface area contributed by atoms with Crippen LogP contribution in [-0.2, 0) is 19.6 Å². The maximum Gasteiger partial charge on any atom is 0.238 e. The first-order valence-electron chi connectivity index (χ1n) is 6.07. The summed E-state index contributed by atoms with van der Waals surface area (Å²) in [7, 11) is -3.73. The zero-order valence-electron chi connectivity index (χ0n) is 10.6. The number of carbonyl (C=O) groups is 2. The Morgan fingerprint density at radius 3 is 2.45 bits per heavy atom. The Kier molecular flexibility index (Phi) is 4.05. The molecule has 1 unspecified atom stereocenters. The average molecular weight is 297 g/mol. The molecule has 1 atom stereocenters. The molecule has 1 aromatic carbocycles. The van der Waals surface area contributed by atoms with Crippen LogP contribution in [0.4, 0.5) is 5.69 Å². The first-order valence-corrected chi connectivity index (χ1v) is 7.61. The van der Waals surface area contributed by atoms with E-state index in [1.807, 2.05) is 0 Å². The van der Waals surface area contributed by atoms with Gasteiger partial charge in [0.1, 0.15) is 0 Å². The van der Waals surface area contributed by atoms with E-state index in [0.717, 1.165) is 0 Å². The zero-order valence-corrected chi connectivity index (χ0v) is 11.4. The van der Waals surface area contributed by atoms with Crippen LogP contribution in [0.15, 0.2) is 29.2 Å². The monoisotopic (exact) mass is 297 g/mol. The number of primary sulfonamides is 1. The normalized spacial score (nSPS) is 19.2. The second-order valence-electron chi connectivity index (χ2n) is 4.60. The second kappa shape index (κ2) is 5.59. The fraction of sp³-hybridized carbons (Fsp3) is 0.333. The lowest BCUT2D eigenvalue weighted by Crippen LogP contribution is -2.40. The molecule has 1 heterocycles. The van der Waals surface area contributed by atoms with Crippen molar-refractivity contribution < 1.29 is 18.0 Å². The summed E-state index contributed by atoms with van der Waals surface area (Å²) in [6.45, 7) is 0.319.